The van der Waals surface area contributed by atoms with Gasteiger partial charge in [-0.15, -0.1) is 11.3 Å². The fraction of sp³-hybridized carbons (Fsp3) is 0.167. The van der Waals surface area contributed by atoms with E-state index in [1.807, 2.05) is 6.92 Å². The molecule has 1 heterocycles. The molecule has 0 aliphatic rings. The van der Waals surface area contributed by atoms with E-state index in [9.17, 15) is 9.18 Å². The van der Waals surface area contributed by atoms with Crippen LogP contribution in [0.4, 0.5) is 15.8 Å². The van der Waals surface area contributed by atoms with Crippen LogP contribution in [0.3, 0.4) is 0 Å². The van der Waals surface area contributed by atoms with Gasteiger partial charge in [0.2, 0.25) is 0 Å². The number of hydrogen-bond acceptors (Lipinski definition) is 5. The lowest BCUT2D eigenvalue weighted by Gasteiger charge is -2.10. The summed E-state index contributed by atoms with van der Waals surface area (Å²) in [5.74, 6) is -2.15. The summed E-state index contributed by atoms with van der Waals surface area (Å²) in [5, 5.41) is 11.8. The van der Waals surface area contributed by atoms with Gasteiger partial charge in [0.1, 0.15) is 5.82 Å². The summed E-state index contributed by atoms with van der Waals surface area (Å²) in [7, 11) is 0. The lowest BCUT2D eigenvalue weighted by molar-refractivity contribution is 0.0692. The average Bonchev–Trinajstić information content (AvgIpc) is 2.75. The van der Waals surface area contributed by atoms with E-state index < -0.39 is 17.3 Å². The number of nitrogens with zero attached hydrogens (tertiary/aromatic N) is 1. The van der Waals surface area contributed by atoms with Gasteiger partial charge in [0.15, 0.2) is 0 Å². The molecule has 19 heavy (non-hydrogen) atoms. The van der Waals surface area contributed by atoms with E-state index in [1.54, 1.807) is 5.51 Å². The summed E-state index contributed by atoms with van der Waals surface area (Å²) >= 11 is 1.48. The van der Waals surface area contributed by atoms with Crippen molar-refractivity contribution < 1.29 is 14.3 Å². The third kappa shape index (κ3) is 2.82. The topological polar surface area (TPSA) is 88.2 Å². The van der Waals surface area contributed by atoms with Crippen molar-refractivity contribution in [2.24, 2.45) is 0 Å². The van der Waals surface area contributed by atoms with Crippen molar-refractivity contribution in [1.82, 2.24) is 4.98 Å². The Morgan fingerprint density at radius 1 is 1.58 bits per heavy atom. The predicted molar refractivity (Wildman–Crippen MR) is 71.9 cm³/mol. The molecule has 5 nitrogen and oxygen atoms in total. The van der Waals surface area contributed by atoms with Gasteiger partial charge >= 0.3 is 5.97 Å². The van der Waals surface area contributed by atoms with Crippen LogP contribution in [0, 0.1) is 12.7 Å². The summed E-state index contributed by atoms with van der Waals surface area (Å²) in [6, 6.07) is 2.20. The van der Waals surface area contributed by atoms with E-state index in [0.717, 1.165) is 22.7 Å². The molecule has 0 amide bonds. The van der Waals surface area contributed by atoms with Crippen molar-refractivity contribution >= 4 is 28.7 Å². The van der Waals surface area contributed by atoms with Gasteiger partial charge in [0.25, 0.3) is 0 Å². The smallest absolute Gasteiger partial charge is 0.338 e. The monoisotopic (exact) mass is 281 g/mol. The molecule has 0 saturated heterocycles. The van der Waals surface area contributed by atoms with Gasteiger partial charge in [-0.05, 0) is 19.1 Å². The second-order valence-electron chi connectivity index (χ2n) is 3.94. The second-order valence-corrected chi connectivity index (χ2v) is 4.88. The number of carboxylic acids is 1. The van der Waals surface area contributed by atoms with Crippen LogP contribution in [0.5, 0.6) is 0 Å². The number of rotatable bonds is 4. The first-order valence-electron chi connectivity index (χ1n) is 5.44. The Balaban J connectivity index is 2.20. The molecule has 0 bridgehead atoms. The predicted octanol–water partition coefficient (Wildman–Crippen LogP) is 2.48. The highest BCUT2D eigenvalue weighted by molar-refractivity contribution is 7.09. The standard InChI is InChI=1S/C12H12FN3O2S/c1-6-11(19-5-16-6)4-15-10-3-8(13)7(12(17)18)2-9(10)14/h2-3,5,15H,4,14H2,1H3,(H,17,18). The minimum atomic E-state index is -1.34. The number of anilines is 2. The number of halogens is 1. The summed E-state index contributed by atoms with van der Waals surface area (Å²) in [6.07, 6.45) is 0. The van der Waals surface area contributed by atoms with Crippen molar-refractivity contribution in [3.05, 3.63) is 39.6 Å². The Labute approximate surface area is 112 Å². The molecular weight excluding hydrogens is 269 g/mol. The second kappa shape index (κ2) is 5.23. The van der Waals surface area contributed by atoms with Crippen LogP contribution in [0.25, 0.3) is 0 Å². The Morgan fingerprint density at radius 3 is 2.89 bits per heavy atom. The van der Waals surface area contributed by atoms with Gasteiger partial charge in [-0.1, -0.05) is 0 Å². The largest absolute Gasteiger partial charge is 0.478 e. The van der Waals surface area contributed by atoms with Crippen molar-refractivity contribution in [1.29, 1.82) is 0 Å². The summed E-state index contributed by atoms with van der Waals surface area (Å²) in [6.45, 7) is 2.34. The quantitative estimate of drug-likeness (QED) is 0.749. The van der Waals surface area contributed by atoms with Crippen molar-refractivity contribution in [2.75, 3.05) is 11.1 Å². The molecule has 0 aliphatic carbocycles. The Kier molecular flexibility index (Phi) is 3.66. The number of nitrogens with two attached hydrogens (primary N) is 1. The normalized spacial score (nSPS) is 10.4. The minimum Gasteiger partial charge on any atom is -0.478 e. The van der Waals surface area contributed by atoms with Crippen LogP contribution >= 0.6 is 11.3 Å². The van der Waals surface area contributed by atoms with Gasteiger partial charge in [-0.2, -0.15) is 0 Å². The SMILES string of the molecule is Cc1ncsc1CNc1cc(F)c(C(=O)O)cc1N. The van der Waals surface area contributed by atoms with E-state index >= 15 is 0 Å². The number of nitrogens with one attached hydrogen (secondary N) is 1. The Morgan fingerprint density at radius 2 is 2.32 bits per heavy atom. The van der Waals surface area contributed by atoms with Gasteiger partial charge in [0, 0.05) is 4.88 Å². The summed E-state index contributed by atoms with van der Waals surface area (Å²) in [4.78, 5) is 15.9. The van der Waals surface area contributed by atoms with Gasteiger partial charge in [-0.3, -0.25) is 0 Å². The molecule has 0 unspecified atom stereocenters. The molecule has 4 N–H and O–H groups in total. The third-order valence-corrected chi connectivity index (χ3v) is 3.59. The van der Waals surface area contributed by atoms with Crippen LogP contribution < -0.4 is 11.1 Å². The first kappa shape index (κ1) is 13.3. The molecule has 7 heteroatoms. The number of thiazole rings is 1. The maximum atomic E-state index is 13.5. The van der Waals surface area contributed by atoms with Crippen molar-refractivity contribution in [2.45, 2.75) is 13.5 Å². The van der Waals surface area contributed by atoms with Crippen molar-refractivity contribution in [3.8, 4) is 0 Å². The highest BCUT2D eigenvalue weighted by atomic mass is 32.1. The molecule has 0 atom stereocenters. The van der Waals surface area contributed by atoms with Crippen LogP contribution in [-0.2, 0) is 6.54 Å². The number of benzene rings is 1. The molecule has 2 aromatic rings. The molecule has 1 aromatic heterocycles. The Hall–Kier alpha value is -2.15. The number of aromatic carboxylic acids is 1. The van der Waals surface area contributed by atoms with Crippen LogP contribution in [0.15, 0.2) is 17.6 Å². The average molecular weight is 281 g/mol. The molecule has 2 rings (SSSR count). The van der Waals surface area contributed by atoms with Gasteiger partial charge in [0.05, 0.1) is 34.7 Å². The molecule has 0 spiro atoms. The van der Waals surface area contributed by atoms with E-state index in [4.69, 9.17) is 10.8 Å². The zero-order valence-electron chi connectivity index (χ0n) is 10.1. The van der Waals surface area contributed by atoms with E-state index in [2.05, 4.69) is 10.3 Å². The summed E-state index contributed by atoms with van der Waals surface area (Å²) in [5.41, 5.74) is 8.46. The zero-order chi connectivity index (χ0) is 14.0. The fourth-order valence-electron chi connectivity index (χ4n) is 1.58. The number of aryl methyl sites for hydroxylation is 1. The van der Waals surface area contributed by atoms with Crippen molar-refractivity contribution in [3.63, 3.8) is 0 Å². The molecule has 0 radical (unpaired) electrons. The first-order valence-corrected chi connectivity index (χ1v) is 6.32. The van der Waals surface area contributed by atoms with Crippen LogP contribution in [0.1, 0.15) is 20.9 Å². The number of hydrogen-bond donors (Lipinski definition) is 3. The molecule has 100 valence electrons. The van der Waals surface area contributed by atoms with Crippen LogP contribution in [-0.4, -0.2) is 16.1 Å². The van der Waals surface area contributed by atoms with E-state index in [1.165, 1.54) is 11.3 Å². The summed E-state index contributed by atoms with van der Waals surface area (Å²) < 4.78 is 13.5. The number of carbonyl (C=O) groups is 1. The zero-order valence-corrected chi connectivity index (χ0v) is 10.9. The van der Waals surface area contributed by atoms with E-state index in [0.29, 0.717) is 12.2 Å². The van der Waals surface area contributed by atoms with Crippen LogP contribution in [0.2, 0.25) is 0 Å². The number of aromatic nitrogens is 1. The highest BCUT2D eigenvalue weighted by Gasteiger charge is 2.13. The lowest BCUT2D eigenvalue weighted by atomic mass is 10.1. The molecular formula is C12H12FN3O2S. The molecule has 0 fully saturated rings. The molecule has 0 saturated carbocycles. The molecule has 0 aliphatic heterocycles. The lowest BCUT2D eigenvalue weighted by Crippen LogP contribution is -2.07. The number of carboxylic acid groups (broad SMARTS) is 1. The Bertz CT molecular complexity index is 627. The molecule has 1 aromatic carbocycles. The maximum Gasteiger partial charge on any atom is 0.338 e. The third-order valence-electron chi connectivity index (χ3n) is 2.65. The van der Waals surface area contributed by atoms with Gasteiger partial charge in [-0.25, -0.2) is 14.2 Å². The number of nitrogen functional groups attached to an aromatic ring is 1. The first-order chi connectivity index (χ1) is 8.99. The fourth-order valence-corrected chi connectivity index (χ4v) is 2.30. The van der Waals surface area contributed by atoms with Gasteiger partial charge < -0.3 is 16.2 Å². The highest BCUT2D eigenvalue weighted by Crippen LogP contribution is 2.24. The van der Waals surface area contributed by atoms with E-state index in [-0.39, 0.29) is 5.69 Å². The minimum absolute atomic E-state index is 0.195. The maximum absolute atomic E-state index is 13.5.